The standard InChI is InChI=1S/C6H10N3.F6P/c1-3-9-7-5-4-6(2)8-9;1-7(2,3,4,5)6/h4-5H,3H2,1-2H3;/q+1;-1. The van der Waals surface area contributed by atoms with E-state index in [2.05, 4.69) is 10.2 Å². The Labute approximate surface area is 87.3 Å². The van der Waals surface area contributed by atoms with Gasteiger partial charge in [0.05, 0.1) is 6.20 Å². The third-order valence-electron chi connectivity index (χ3n) is 1.07. The Morgan fingerprint density at radius 2 is 1.62 bits per heavy atom. The van der Waals surface area contributed by atoms with Gasteiger partial charge in [-0.3, -0.25) is 0 Å². The van der Waals surface area contributed by atoms with Crippen LogP contribution in [-0.2, 0) is 6.54 Å². The van der Waals surface area contributed by atoms with Gasteiger partial charge >= 0.3 is 33.0 Å². The summed E-state index contributed by atoms with van der Waals surface area (Å²) in [7, 11) is -10.7. The van der Waals surface area contributed by atoms with E-state index in [4.69, 9.17) is 0 Å². The molecule has 0 saturated heterocycles. The number of halogens is 6. The second-order valence-corrected chi connectivity index (χ2v) is 4.74. The molecule has 0 N–H and O–H groups in total. The number of hydrogen-bond donors (Lipinski definition) is 0. The molecule has 3 nitrogen and oxygen atoms in total. The topological polar surface area (TPSA) is 29.7 Å². The summed E-state index contributed by atoms with van der Waals surface area (Å²) in [6, 6.07) is 1.88. The van der Waals surface area contributed by atoms with Crippen molar-refractivity contribution in [3.8, 4) is 0 Å². The molecule has 0 aliphatic heterocycles. The van der Waals surface area contributed by atoms with Crippen molar-refractivity contribution >= 4 is 7.81 Å². The first-order valence-electron chi connectivity index (χ1n) is 4.04. The van der Waals surface area contributed by atoms with E-state index in [0.29, 0.717) is 0 Å². The number of aryl methyl sites for hydroxylation is 2. The van der Waals surface area contributed by atoms with Crippen LogP contribution in [0.25, 0.3) is 0 Å². The molecule has 0 fully saturated rings. The molecule has 96 valence electrons. The van der Waals surface area contributed by atoms with Crippen LogP contribution < -0.4 is 4.80 Å². The van der Waals surface area contributed by atoms with E-state index in [-0.39, 0.29) is 0 Å². The van der Waals surface area contributed by atoms with Gasteiger partial charge in [-0.1, -0.05) is 0 Å². The quantitative estimate of drug-likeness (QED) is 0.444. The van der Waals surface area contributed by atoms with Gasteiger partial charge in [0.25, 0.3) is 0 Å². The second-order valence-electron chi connectivity index (χ2n) is 2.82. The van der Waals surface area contributed by atoms with Crippen molar-refractivity contribution in [1.29, 1.82) is 0 Å². The van der Waals surface area contributed by atoms with Crippen LogP contribution in [-0.4, -0.2) is 10.2 Å². The van der Waals surface area contributed by atoms with Gasteiger partial charge in [0.1, 0.15) is 5.69 Å². The third-order valence-corrected chi connectivity index (χ3v) is 1.07. The third kappa shape index (κ3) is 15.5. The number of hydrogen-bond acceptors (Lipinski definition) is 2. The predicted octanol–water partition coefficient (Wildman–Crippen LogP) is 3.47. The van der Waals surface area contributed by atoms with Gasteiger partial charge in [0.15, 0.2) is 0 Å². The zero-order chi connectivity index (χ0) is 13.1. The van der Waals surface area contributed by atoms with Crippen molar-refractivity contribution in [2.75, 3.05) is 0 Å². The van der Waals surface area contributed by atoms with Crippen LogP contribution in [0.3, 0.4) is 0 Å². The Kier molecular flexibility index (Phi) is 3.56. The molecule has 0 unspecified atom stereocenters. The van der Waals surface area contributed by atoms with Crippen molar-refractivity contribution in [3.63, 3.8) is 0 Å². The first-order chi connectivity index (χ1) is 6.78. The van der Waals surface area contributed by atoms with Crippen LogP contribution in [0.2, 0.25) is 0 Å². The van der Waals surface area contributed by atoms with Crippen LogP contribution in [0, 0.1) is 6.92 Å². The summed E-state index contributed by atoms with van der Waals surface area (Å²) < 4.78 is 59.2. The van der Waals surface area contributed by atoms with E-state index in [0.717, 1.165) is 12.2 Å². The molecular formula is C6H10F6N3P. The first kappa shape index (κ1) is 15.0. The molecule has 0 saturated carbocycles. The zero-order valence-corrected chi connectivity index (χ0v) is 9.31. The van der Waals surface area contributed by atoms with Crippen LogP contribution in [0.4, 0.5) is 25.2 Å². The summed E-state index contributed by atoms with van der Waals surface area (Å²) in [5.74, 6) is 0. The van der Waals surface area contributed by atoms with Gasteiger partial charge in [-0.25, -0.2) is 0 Å². The maximum absolute atomic E-state index is 10.7. The van der Waals surface area contributed by atoms with Crippen LogP contribution in [0.1, 0.15) is 12.6 Å². The summed E-state index contributed by atoms with van der Waals surface area (Å²) in [6.07, 6.45) is 1.76. The van der Waals surface area contributed by atoms with Crippen LogP contribution >= 0.6 is 7.81 Å². The van der Waals surface area contributed by atoms with Crippen molar-refractivity contribution in [1.82, 2.24) is 10.2 Å². The van der Waals surface area contributed by atoms with E-state index in [1.54, 1.807) is 11.0 Å². The zero-order valence-electron chi connectivity index (χ0n) is 8.42. The number of aromatic nitrogens is 3. The molecule has 0 aromatic carbocycles. The van der Waals surface area contributed by atoms with Crippen molar-refractivity contribution in [2.45, 2.75) is 20.4 Å². The fourth-order valence-corrected chi connectivity index (χ4v) is 0.612. The average molecular weight is 269 g/mol. The van der Waals surface area contributed by atoms with Gasteiger partial charge in [-0.05, 0) is 13.0 Å². The van der Waals surface area contributed by atoms with E-state index in [1.807, 2.05) is 19.9 Å². The molecule has 0 aliphatic rings. The first-order valence-corrected chi connectivity index (χ1v) is 6.07. The normalized spacial score (nSPS) is 15.5. The summed E-state index contributed by atoms with van der Waals surface area (Å²) in [5.41, 5.74) is 1.01. The Bertz CT molecular complexity index is 349. The van der Waals surface area contributed by atoms with Gasteiger partial charge in [-0.2, -0.15) is 0 Å². The minimum absolute atomic E-state index is 0.835. The molecular weight excluding hydrogens is 259 g/mol. The second kappa shape index (κ2) is 3.80. The molecule has 0 radical (unpaired) electrons. The summed E-state index contributed by atoms with van der Waals surface area (Å²) >= 11 is 0. The molecule has 1 aromatic rings. The van der Waals surface area contributed by atoms with Crippen molar-refractivity contribution < 1.29 is 30.0 Å². The Morgan fingerprint density at radius 1 is 1.19 bits per heavy atom. The fourth-order valence-electron chi connectivity index (χ4n) is 0.612. The van der Waals surface area contributed by atoms with Gasteiger partial charge in [0, 0.05) is 21.9 Å². The molecule has 0 bridgehead atoms. The number of nitrogens with zero attached hydrogens (tertiary/aromatic N) is 3. The summed E-state index contributed by atoms with van der Waals surface area (Å²) in [4.78, 5) is 1.66. The van der Waals surface area contributed by atoms with E-state index >= 15 is 0 Å². The van der Waals surface area contributed by atoms with Gasteiger partial charge in [0.2, 0.25) is 6.54 Å². The molecule has 0 atom stereocenters. The van der Waals surface area contributed by atoms with Crippen LogP contribution in [0.5, 0.6) is 0 Å². The molecule has 1 aromatic heterocycles. The maximum atomic E-state index is 9.87. The van der Waals surface area contributed by atoms with E-state index < -0.39 is 7.81 Å². The monoisotopic (exact) mass is 269 g/mol. The molecule has 1 rings (SSSR count). The molecule has 0 aliphatic carbocycles. The predicted molar refractivity (Wildman–Crippen MR) is 46.2 cm³/mol. The summed E-state index contributed by atoms with van der Waals surface area (Å²) in [6.45, 7) is 4.80. The molecule has 16 heavy (non-hydrogen) atoms. The Morgan fingerprint density at radius 3 is 1.88 bits per heavy atom. The van der Waals surface area contributed by atoms with Crippen molar-refractivity contribution in [3.05, 3.63) is 18.0 Å². The summed E-state index contributed by atoms with van der Waals surface area (Å²) in [5, 5.41) is 8.06. The molecule has 0 amide bonds. The molecule has 1 heterocycles. The van der Waals surface area contributed by atoms with E-state index in [9.17, 15) is 25.2 Å². The molecule has 0 spiro atoms. The Balaban J connectivity index is 0.000000293. The fraction of sp³-hybridized carbons (Fsp3) is 0.500. The van der Waals surface area contributed by atoms with Gasteiger partial charge in [-0.15, -0.1) is 0 Å². The minimum atomic E-state index is -10.7. The van der Waals surface area contributed by atoms with E-state index in [1.165, 1.54) is 0 Å². The average Bonchev–Trinajstić information content (AvgIpc) is 1.98. The molecule has 10 heteroatoms. The SMILES string of the molecule is CC[n+]1nccc(C)n1.F[P-](F)(F)(F)(F)F. The Hall–Kier alpha value is -0.980. The number of rotatable bonds is 1. The van der Waals surface area contributed by atoms with Gasteiger partial charge < -0.3 is 0 Å². The van der Waals surface area contributed by atoms with Crippen molar-refractivity contribution in [2.24, 2.45) is 0 Å². The van der Waals surface area contributed by atoms with Crippen LogP contribution in [0.15, 0.2) is 12.3 Å².